The van der Waals surface area contributed by atoms with Crippen molar-refractivity contribution < 1.29 is 9.63 Å². The van der Waals surface area contributed by atoms with Crippen LogP contribution in [-0.2, 0) is 9.63 Å². The van der Waals surface area contributed by atoms with E-state index in [0.717, 1.165) is 22.4 Å². The van der Waals surface area contributed by atoms with Crippen LogP contribution in [0.4, 0.5) is 5.69 Å². The zero-order chi connectivity index (χ0) is 15.9. The topological polar surface area (TPSA) is 50.7 Å². The van der Waals surface area contributed by atoms with Gasteiger partial charge in [0.25, 0.3) is 5.91 Å². The molecule has 0 spiro atoms. The predicted molar refractivity (Wildman–Crippen MR) is 89.3 cm³/mol. The molecule has 0 aliphatic carbocycles. The molecular weight excluding hydrogens is 276 g/mol. The molecule has 0 fully saturated rings. The number of anilines is 1. The average molecular weight is 296 g/mol. The third kappa shape index (κ3) is 4.45. The number of carbonyl (C=O) groups is 1. The maximum absolute atomic E-state index is 11.8. The minimum atomic E-state index is -0.231. The summed E-state index contributed by atoms with van der Waals surface area (Å²) in [6.07, 6.45) is 1.61. The van der Waals surface area contributed by atoms with Gasteiger partial charge in [-0.2, -0.15) is 0 Å². The van der Waals surface area contributed by atoms with Crippen molar-refractivity contribution in [3.63, 3.8) is 0 Å². The first kappa shape index (κ1) is 15.8. The molecule has 0 saturated heterocycles. The van der Waals surface area contributed by atoms with Crippen LogP contribution in [0.2, 0.25) is 0 Å². The first-order valence-corrected chi connectivity index (χ1v) is 7.14. The van der Waals surface area contributed by atoms with Crippen LogP contribution >= 0.6 is 0 Å². The van der Waals surface area contributed by atoms with Crippen molar-refractivity contribution in [2.75, 3.05) is 11.9 Å². The molecule has 0 bridgehead atoms. The third-order valence-corrected chi connectivity index (χ3v) is 3.44. The lowest BCUT2D eigenvalue weighted by molar-refractivity contribution is -0.120. The molecule has 1 N–H and O–H groups in total. The van der Waals surface area contributed by atoms with Gasteiger partial charge in [0.15, 0.2) is 6.61 Å². The fourth-order valence-corrected chi connectivity index (χ4v) is 1.94. The van der Waals surface area contributed by atoms with Crippen molar-refractivity contribution in [2.45, 2.75) is 20.8 Å². The molecule has 0 heterocycles. The zero-order valence-electron chi connectivity index (χ0n) is 13.1. The highest BCUT2D eigenvalue weighted by atomic mass is 16.6. The summed E-state index contributed by atoms with van der Waals surface area (Å²) in [6.45, 7) is 5.92. The fourth-order valence-electron chi connectivity index (χ4n) is 1.94. The van der Waals surface area contributed by atoms with Crippen molar-refractivity contribution in [1.82, 2.24) is 0 Å². The number of hydrogen-bond donors (Lipinski definition) is 1. The predicted octanol–water partition coefficient (Wildman–Crippen LogP) is 3.60. The van der Waals surface area contributed by atoms with Gasteiger partial charge in [0.1, 0.15) is 0 Å². The lowest BCUT2D eigenvalue weighted by atomic mass is 10.1. The second kappa shape index (κ2) is 7.41. The molecule has 0 aromatic heterocycles. The van der Waals surface area contributed by atoms with Gasteiger partial charge in [-0.15, -0.1) is 0 Å². The summed E-state index contributed by atoms with van der Waals surface area (Å²) in [5, 5.41) is 6.61. The quantitative estimate of drug-likeness (QED) is 0.677. The summed E-state index contributed by atoms with van der Waals surface area (Å²) in [5.41, 5.74) is 5.17. The number of amides is 1. The average Bonchev–Trinajstić information content (AvgIpc) is 2.49. The molecule has 114 valence electrons. The SMILES string of the molecule is Cc1ccc(NC(=O)CO/N=C\c2ccccc2C)cc1C. The third-order valence-electron chi connectivity index (χ3n) is 3.44. The van der Waals surface area contributed by atoms with Gasteiger partial charge in [0, 0.05) is 5.69 Å². The summed E-state index contributed by atoms with van der Waals surface area (Å²) in [6, 6.07) is 13.6. The lowest BCUT2D eigenvalue weighted by Crippen LogP contribution is -2.17. The van der Waals surface area contributed by atoms with Crippen LogP contribution in [0.1, 0.15) is 22.3 Å². The number of hydrogen-bond acceptors (Lipinski definition) is 3. The maximum atomic E-state index is 11.8. The van der Waals surface area contributed by atoms with Crippen molar-refractivity contribution in [3.8, 4) is 0 Å². The van der Waals surface area contributed by atoms with Gasteiger partial charge in [0.05, 0.1) is 6.21 Å². The Morgan fingerprint density at radius 2 is 1.86 bits per heavy atom. The second-order valence-corrected chi connectivity index (χ2v) is 5.21. The minimum absolute atomic E-state index is 0.116. The van der Waals surface area contributed by atoms with E-state index in [1.54, 1.807) is 6.21 Å². The highest BCUT2D eigenvalue weighted by Crippen LogP contribution is 2.13. The first-order valence-electron chi connectivity index (χ1n) is 7.14. The van der Waals surface area contributed by atoms with Crippen molar-refractivity contribution in [1.29, 1.82) is 0 Å². The van der Waals surface area contributed by atoms with E-state index in [1.165, 1.54) is 5.56 Å². The summed E-state index contributed by atoms with van der Waals surface area (Å²) in [5.74, 6) is -0.231. The van der Waals surface area contributed by atoms with Crippen LogP contribution < -0.4 is 5.32 Å². The number of benzene rings is 2. The van der Waals surface area contributed by atoms with Gasteiger partial charge in [-0.25, -0.2) is 0 Å². The Labute approximate surface area is 130 Å². The molecular formula is C18H20N2O2. The van der Waals surface area contributed by atoms with Crippen LogP contribution in [0, 0.1) is 20.8 Å². The number of aryl methyl sites for hydroxylation is 3. The molecule has 4 nitrogen and oxygen atoms in total. The van der Waals surface area contributed by atoms with Crippen LogP contribution in [0.15, 0.2) is 47.6 Å². The number of rotatable bonds is 5. The van der Waals surface area contributed by atoms with E-state index >= 15 is 0 Å². The van der Waals surface area contributed by atoms with E-state index in [2.05, 4.69) is 10.5 Å². The van der Waals surface area contributed by atoms with E-state index in [0.29, 0.717) is 0 Å². The van der Waals surface area contributed by atoms with Gasteiger partial charge >= 0.3 is 0 Å². The van der Waals surface area contributed by atoms with E-state index < -0.39 is 0 Å². The molecule has 0 unspecified atom stereocenters. The standard InChI is InChI=1S/C18H20N2O2/c1-13-8-9-17(10-15(13)3)20-18(21)12-22-19-11-16-7-5-4-6-14(16)2/h4-11H,12H2,1-3H3,(H,20,21)/b19-11-. The largest absolute Gasteiger partial charge is 0.386 e. The molecule has 0 radical (unpaired) electrons. The van der Waals surface area contributed by atoms with E-state index in [1.807, 2.05) is 63.2 Å². The fraction of sp³-hybridized carbons (Fsp3) is 0.222. The van der Waals surface area contributed by atoms with E-state index in [9.17, 15) is 4.79 Å². The number of nitrogens with one attached hydrogen (secondary N) is 1. The zero-order valence-corrected chi connectivity index (χ0v) is 13.1. The van der Waals surface area contributed by atoms with Gasteiger partial charge in [-0.3, -0.25) is 4.79 Å². The van der Waals surface area contributed by atoms with Crippen molar-refractivity contribution in [3.05, 3.63) is 64.7 Å². The molecule has 22 heavy (non-hydrogen) atoms. The molecule has 0 saturated carbocycles. The van der Waals surface area contributed by atoms with Crippen molar-refractivity contribution >= 4 is 17.8 Å². The van der Waals surface area contributed by atoms with Crippen LogP contribution in [0.25, 0.3) is 0 Å². The molecule has 1 amide bonds. The van der Waals surface area contributed by atoms with Gasteiger partial charge in [-0.05, 0) is 55.2 Å². The molecule has 0 aliphatic heterocycles. The number of nitrogens with zero attached hydrogens (tertiary/aromatic N) is 1. The lowest BCUT2D eigenvalue weighted by Gasteiger charge is -2.07. The Hall–Kier alpha value is -2.62. The first-order chi connectivity index (χ1) is 10.6. The van der Waals surface area contributed by atoms with Gasteiger partial charge in [0.2, 0.25) is 0 Å². The summed E-state index contributed by atoms with van der Waals surface area (Å²) in [7, 11) is 0. The highest BCUT2D eigenvalue weighted by Gasteiger charge is 2.03. The van der Waals surface area contributed by atoms with Crippen LogP contribution in [0.5, 0.6) is 0 Å². The molecule has 2 rings (SSSR count). The molecule has 0 atom stereocenters. The summed E-state index contributed by atoms with van der Waals surface area (Å²) in [4.78, 5) is 16.8. The normalized spacial score (nSPS) is 10.7. The monoisotopic (exact) mass is 296 g/mol. The number of carbonyl (C=O) groups excluding carboxylic acids is 1. The van der Waals surface area contributed by atoms with Crippen LogP contribution in [-0.4, -0.2) is 18.7 Å². The summed E-state index contributed by atoms with van der Waals surface area (Å²) >= 11 is 0. The van der Waals surface area contributed by atoms with Gasteiger partial charge in [-0.1, -0.05) is 35.5 Å². The number of oxime groups is 1. The Morgan fingerprint density at radius 3 is 2.59 bits per heavy atom. The molecule has 2 aromatic carbocycles. The van der Waals surface area contributed by atoms with E-state index in [4.69, 9.17) is 4.84 Å². The second-order valence-electron chi connectivity index (χ2n) is 5.21. The minimum Gasteiger partial charge on any atom is -0.386 e. The van der Waals surface area contributed by atoms with E-state index in [-0.39, 0.29) is 12.5 Å². The van der Waals surface area contributed by atoms with Crippen molar-refractivity contribution in [2.24, 2.45) is 5.16 Å². The Morgan fingerprint density at radius 1 is 1.09 bits per heavy atom. The Kier molecular flexibility index (Phi) is 5.31. The Balaban J connectivity index is 1.83. The highest BCUT2D eigenvalue weighted by molar-refractivity contribution is 5.91. The molecule has 0 aliphatic rings. The maximum Gasteiger partial charge on any atom is 0.265 e. The Bertz CT molecular complexity index is 693. The molecule has 4 heteroatoms. The summed E-state index contributed by atoms with van der Waals surface area (Å²) < 4.78 is 0. The smallest absolute Gasteiger partial charge is 0.265 e. The van der Waals surface area contributed by atoms with Gasteiger partial charge < -0.3 is 10.2 Å². The molecule has 2 aromatic rings. The van der Waals surface area contributed by atoms with Crippen LogP contribution in [0.3, 0.4) is 0 Å².